The molecule has 4 aromatic rings. The highest BCUT2D eigenvalue weighted by atomic mass is 32.2. The van der Waals surface area contributed by atoms with E-state index in [2.05, 4.69) is 15.4 Å². The number of benzene rings is 2. The predicted octanol–water partition coefficient (Wildman–Crippen LogP) is 3.94. The van der Waals surface area contributed by atoms with Gasteiger partial charge in [-0.15, -0.1) is 0 Å². The molecule has 0 unspecified atom stereocenters. The molecule has 4 rings (SSSR count). The van der Waals surface area contributed by atoms with Crippen LogP contribution < -0.4 is 5.32 Å². The normalized spacial score (nSPS) is 12.6. The molecular weight excluding hydrogens is 459 g/mol. The van der Waals surface area contributed by atoms with E-state index in [-0.39, 0.29) is 16.5 Å². The standard InChI is InChI=1S/C24H23FN4O4S/c1-3-4-20(15-5-10-22(30)23(11-15)34(2,32)33)28-24(31)19-12-26-14-21-18(19)13-27-29(21)17-8-6-16(25)7-9-17/h5-14,20,30H,3-4H2,1-2H3,(H,28,31)/t20-/m0/s1. The highest BCUT2D eigenvalue weighted by Crippen LogP contribution is 2.29. The van der Waals surface area contributed by atoms with Crippen molar-refractivity contribution in [2.75, 3.05) is 6.26 Å². The largest absolute Gasteiger partial charge is 0.507 e. The highest BCUT2D eigenvalue weighted by molar-refractivity contribution is 7.90. The van der Waals surface area contributed by atoms with E-state index in [1.165, 1.54) is 30.5 Å². The molecule has 1 amide bonds. The number of halogens is 1. The molecule has 1 atom stereocenters. The number of hydrogen-bond acceptors (Lipinski definition) is 6. The van der Waals surface area contributed by atoms with Gasteiger partial charge in [-0.25, -0.2) is 17.5 Å². The van der Waals surface area contributed by atoms with E-state index in [9.17, 15) is 22.7 Å². The van der Waals surface area contributed by atoms with Crippen molar-refractivity contribution in [3.8, 4) is 11.4 Å². The Morgan fingerprint density at radius 3 is 2.56 bits per heavy atom. The molecule has 0 radical (unpaired) electrons. The Hall–Kier alpha value is -3.79. The summed E-state index contributed by atoms with van der Waals surface area (Å²) in [4.78, 5) is 17.2. The van der Waals surface area contributed by atoms with Crippen LogP contribution >= 0.6 is 0 Å². The predicted molar refractivity (Wildman–Crippen MR) is 125 cm³/mol. The number of carbonyl (C=O) groups is 1. The smallest absolute Gasteiger partial charge is 0.254 e. The van der Waals surface area contributed by atoms with Crippen LogP contribution in [0, 0.1) is 5.82 Å². The van der Waals surface area contributed by atoms with Crippen LogP contribution in [0.3, 0.4) is 0 Å². The quantitative estimate of drug-likeness (QED) is 0.412. The third-order valence-electron chi connectivity index (χ3n) is 5.48. The maximum Gasteiger partial charge on any atom is 0.254 e. The zero-order chi connectivity index (χ0) is 24.5. The van der Waals surface area contributed by atoms with Gasteiger partial charge in [0.2, 0.25) is 0 Å². The number of amides is 1. The van der Waals surface area contributed by atoms with Crippen molar-refractivity contribution < 1.29 is 22.7 Å². The SMILES string of the molecule is CCC[C@H](NC(=O)c1cncc2c1cnn2-c1ccc(F)cc1)c1ccc(O)c(S(C)(=O)=O)c1. The Morgan fingerprint density at radius 2 is 1.88 bits per heavy atom. The zero-order valence-corrected chi connectivity index (χ0v) is 19.4. The minimum Gasteiger partial charge on any atom is -0.507 e. The van der Waals surface area contributed by atoms with Crippen LogP contribution in [-0.2, 0) is 9.84 Å². The minimum atomic E-state index is -3.65. The summed E-state index contributed by atoms with van der Waals surface area (Å²) in [6.45, 7) is 1.95. The van der Waals surface area contributed by atoms with Crippen molar-refractivity contribution >= 4 is 26.6 Å². The molecule has 0 saturated heterocycles. The first kappa shape index (κ1) is 23.4. The number of sulfone groups is 1. The second-order valence-electron chi connectivity index (χ2n) is 7.97. The van der Waals surface area contributed by atoms with Gasteiger partial charge in [0, 0.05) is 17.8 Å². The second kappa shape index (κ2) is 9.22. The number of pyridine rings is 1. The summed E-state index contributed by atoms with van der Waals surface area (Å²) in [5.41, 5.74) is 2.07. The number of aromatic hydroxyl groups is 1. The summed E-state index contributed by atoms with van der Waals surface area (Å²) >= 11 is 0. The Labute approximate surface area is 196 Å². The monoisotopic (exact) mass is 482 g/mol. The molecule has 8 nitrogen and oxygen atoms in total. The molecule has 2 aromatic carbocycles. The molecule has 0 spiro atoms. The summed E-state index contributed by atoms with van der Waals surface area (Å²) in [6, 6.07) is 9.62. The topological polar surface area (TPSA) is 114 Å². The van der Waals surface area contributed by atoms with Crippen LogP contribution in [0.5, 0.6) is 5.75 Å². The number of phenols is 1. The van der Waals surface area contributed by atoms with Crippen molar-refractivity contribution in [3.63, 3.8) is 0 Å². The summed E-state index contributed by atoms with van der Waals surface area (Å²) < 4.78 is 38.9. The average molecular weight is 483 g/mol. The van der Waals surface area contributed by atoms with Crippen LogP contribution in [0.15, 0.2) is 66.0 Å². The summed E-state index contributed by atoms with van der Waals surface area (Å²) in [5.74, 6) is -1.10. The Kier molecular flexibility index (Phi) is 6.34. The first-order chi connectivity index (χ1) is 16.2. The lowest BCUT2D eigenvalue weighted by atomic mass is 10.0. The number of phenolic OH excluding ortho intramolecular Hbond substituents is 1. The molecular formula is C24H23FN4O4S. The first-order valence-corrected chi connectivity index (χ1v) is 12.5. The van der Waals surface area contributed by atoms with Crippen molar-refractivity contribution in [2.45, 2.75) is 30.7 Å². The Bertz CT molecular complexity index is 1470. The lowest BCUT2D eigenvalue weighted by Gasteiger charge is -2.20. The van der Waals surface area contributed by atoms with E-state index < -0.39 is 21.8 Å². The molecule has 0 aliphatic heterocycles. The highest BCUT2D eigenvalue weighted by Gasteiger charge is 2.22. The molecule has 2 N–H and O–H groups in total. The van der Waals surface area contributed by atoms with E-state index in [1.54, 1.807) is 35.3 Å². The average Bonchev–Trinajstić information content (AvgIpc) is 3.23. The van der Waals surface area contributed by atoms with E-state index in [0.29, 0.717) is 34.1 Å². The fourth-order valence-corrected chi connectivity index (χ4v) is 4.60. The van der Waals surface area contributed by atoms with Crippen LogP contribution in [-0.4, -0.2) is 40.5 Å². The lowest BCUT2D eigenvalue weighted by Crippen LogP contribution is -2.29. The van der Waals surface area contributed by atoms with Crippen molar-refractivity contribution in [1.29, 1.82) is 0 Å². The molecule has 0 bridgehead atoms. The van der Waals surface area contributed by atoms with E-state index in [4.69, 9.17) is 0 Å². The van der Waals surface area contributed by atoms with E-state index in [0.717, 1.165) is 12.7 Å². The number of hydrogen-bond donors (Lipinski definition) is 2. The van der Waals surface area contributed by atoms with Gasteiger partial charge in [0.05, 0.1) is 35.2 Å². The zero-order valence-electron chi connectivity index (χ0n) is 18.6. The molecule has 176 valence electrons. The van der Waals surface area contributed by atoms with Gasteiger partial charge < -0.3 is 10.4 Å². The van der Waals surface area contributed by atoms with Crippen LogP contribution in [0.2, 0.25) is 0 Å². The molecule has 0 fully saturated rings. The first-order valence-electron chi connectivity index (χ1n) is 10.6. The Balaban J connectivity index is 1.68. The van der Waals surface area contributed by atoms with Crippen molar-refractivity contribution in [3.05, 3.63) is 78.0 Å². The van der Waals surface area contributed by atoms with E-state index in [1.807, 2.05) is 6.92 Å². The number of aromatic nitrogens is 3. The van der Waals surface area contributed by atoms with Gasteiger partial charge in [0.1, 0.15) is 16.5 Å². The molecule has 10 heteroatoms. The van der Waals surface area contributed by atoms with Gasteiger partial charge in [-0.2, -0.15) is 5.10 Å². The number of nitrogens with one attached hydrogen (secondary N) is 1. The molecule has 0 aliphatic rings. The van der Waals surface area contributed by atoms with Gasteiger partial charge in [-0.3, -0.25) is 9.78 Å². The number of carbonyl (C=O) groups excluding carboxylic acids is 1. The molecule has 0 aliphatic carbocycles. The fourth-order valence-electron chi connectivity index (χ4n) is 3.80. The summed E-state index contributed by atoms with van der Waals surface area (Å²) in [7, 11) is -3.65. The number of fused-ring (bicyclic) bond motifs is 1. The molecule has 2 heterocycles. The van der Waals surface area contributed by atoms with Crippen LogP contribution in [0.25, 0.3) is 16.6 Å². The van der Waals surface area contributed by atoms with Gasteiger partial charge in [-0.1, -0.05) is 19.4 Å². The fraction of sp³-hybridized carbons (Fsp3) is 0.208. The van der Waals surface area contributed by atoms with Gasteiger partial charge in [0.15, 0.2) is 9.84 Å². The lowest BCUT2D eigenvalue weighted by molar-refractivity contribution is 0.0936. The van der Waals surface area contributed by atoms with Gasteiger partial charge in [0.25, 0.3) is 5.91 Å². The van der Waals surface area contributed by atoms with Gasteiger partial charge in [-0.05, 0) is 48.4 Å². The Morgan fingerprint density at radius 1 is 1.15 bits per heavy atom. The summed E-state index contributed by atoms with van der Waals surface area (Å²) in [5, 5.41) is 17.8. The van der Waals surface area contributed by atoms with Crippen LogP contribution in [0.1, 0.15) is 41.7 Å². The number of nitrogens with zero attached hydrogens (tertiary/aromatic N) is 3. The minimum absolute atomic E-state index is 0.190. The van der Waals surface area contributed by atoms with Crippen LogP contribution in [0.4, 0.5) is 4.39 Å². The third kappa shape index (κ3) is 4.62. The van der Waals surface area contributed by atoms with E-state index >= 15 is 0 Å². The third-order valence-corrected chi connectivity index (χ3v) is 6.61. The maximum atomic E-state index is 13.3. The summed E-state index contributed by atoms with van der Waals surface area (Å²) in [6.07, 6.45) is 6.86. The van der Waals surface area contributed by atoms with Crippen molar-refractivity contribution in [2.24, 2.45) is 0 Å². The molecule has 34 heavy (non-hydrogen) atoms. The van der Waals surface area contributed by atoms with Crippen molar-refractivity contribution in [1.82, 2.24) is 20.1 Å². The number of rotatable bonds is 7. The molecule has 2 aromatic heterocycles. The maximum absolute atomic E-state index is 13.3. The molecule has 0 saturated carbocycles. The second-order valence-corrected chi connectivity index (χ2v) is 9.95. The van der Waals surface area contributed by atoms with Gasteiger partial charge >= 0.3 is 0 Å².